The first kappa shape index (κ1) is 17.4. The first-order valence-electron chi connectivity index (χ1n) is 10.8. The molecule has 148 valence electrons. The topological polar surface area (TPSA) is 25.8 Å². The van der Waals surface area contributed by atoms with Gasteiger partial charge in [-0.15, -0.1) is 0 Å². The molecule has 2 nitrogen and oxygen atoms in total. The third-order valence-electron chi connectivity index (χ3n) is 6.47. The number of pyridine rings is 2. The minimum atomic E-state index is 0.948. The van der Waals surface area contributed by atoms with E-state index in [0.717, 1.165) is 33.1 Å². The molecular formula is C30H18N2. The minimum Gasteiger partial charge on any atom is -0.254 e. The lowest BCUT2D eigenvalue weighted by Gasteiger charge is -2.12. The number of benzene rings is 5. The van der Waals surface area contributed by atoms with Gasteiger partial charge in [-0.1, -0.05) is 84.9 Å². The summed E-state index contributed by atoms with van der Waals surface area (Å²) < 4.78 is 0. The van der Waals surface area contributed by atoms with E-state index >= 15 is 0 Å². The highest BCUT2D eigenvalue weighted by Crippen LogP contribution is 2.37. The predicted molar refractivity (Wildman–Crippen MR) is 135 cm³/mol. The van der Waals surface area contributed by atoms with Crippen molar-refractivity contribution in [3.05, 3.63) is 109 Å². The van der Waals surface area contributed by atoms with Gasteiger partial charge in [0.25, 0.3) is 0 Å². The van der Waals surface area contributed by atoms with E-state index in [2.05, 4.69) is 102 Å². The van der Waals surface area contributed by atoms with Crippen LogP contribution in [0.25, 0.3) is 65.4 Å². The van der Waals surface area contributed by atoms with Crippen LogP contribution in [0.1, 0.15) is 0 Å². The molecule has 0 unspecified atom stereocenters. The van der Waals surface area contributed by atoms with Gasteiger partial charge in [0.1, 0.15) is 0 Å². The molecule has 5 aromatic carbocycles. The molecule has 2 heterocycles. The molecule has 7 rings (SSSR count). The molecule has 0 fully saturated rings. The lowest BCUT2D eigenvalue weighted by atomic mass is 9.93. The summed E-state index contributed by atoms with van der Waals surface area (Å²) in [6.45, 7) is 0. The molecule has 0 aliphatic rings. The fraction of sp³-hybridized carbons (Fsp3) is 0. The Bertz CT molecular complexity index is 1800. The van der Waals surface area contributed by atoms with Crippen LogP contribution in [0.3, 0.4) is 0 Å². The predicted octanol–water partition coefficient (Wildman–Crippen LogP) is 7.91. The van der Waals surface area contributed by atoms with Gasteiger partial charge in [0.05, 0.1) is 16.7 Å². The maximum Gasteiger partial charge on any atom is 0.0972 e. The fourth-order valence-corrected chi connectivity index (χ4v) is 4.95. The third kappa shape index (κ3) is 2.47. The Kier molecular flexibility index (Phi) is 3.58. The van der Waals surface area contributed by atoms with Crippen LogP contribution in [-0.2, 0) is 0 Å². The zero-order valence-corrected chi connectivity index (χ0v) is 17.3. The number of rotatable bonds is 1. The first-order valence-corrected chi connectivity index (χ1v) is 10.8. The SMILES string of the molecule is c1cnc2c(c1)ccc1ccc(-c3ccc4c5ccccc5c5ccccc5c4c3)nc12. The van der Waals surface area contributed by atoms with Crippen molar-refractivity contribution in [1.82, 2.24) is 9.97 Å². The van der Waals surface area contributed by atoms with Crippen molar-refractivity contribution in [2.24, 2.45) is 0 Å². The molecule has 2 aromatic heterocycles. The van der Waals surface area contributed by atoms with Crippen LogP contribution in [0.2, 0.25) is 0 Å². The number of hydrogen-bond acceptors (Lipinski definition) is 2. The number of nitrogens with zero attached hydrogens (tertiary/aromatic N) is 2. The van der Waals surface area contributed by atoms with Gasteiger partial charge in [0, 0.05) is 22.5 Å². The summed E-state index contributed by atoms with van der Waals surface area (Å²) in [5.74, 6) is 0. The van der Waals surface area contributed by atoms with Gasteiger partial charge in [-0.2, -0.15) is 0 Å². The molecular weight excluding hydrogens is 388 g/mol. The largest absolute Gasteiger partial charge is 0.254 e. The van der Waals surface area contributed by atoms with E-state index in [0.29, 0.717) is 0 Å². The Morgan fingerprint density at radius 2 is 1.03 bits per heavy atom. The second-order valence-corrected chi connectivity index (χ2v) is 8.26. The third-order valence-corrected chi connectivity index (χ3v) is 6.47. The van der Waals surface area contributed by atoms with Gasteiger partial charge in [-0.25, -0.2) is 4.98 Å². The molecule has 0 saturated heterocycles. The van der Waals surface area contributed by atoms with Crippen molar-refractivity contribution in [2.45, 2.75) is 0 Å². The highest BCUT2D eigenvalue weighted by atomic mass is 14.7. The maximum absolute atomic E-state index is 5.06. The van der Waals surface area contributed by atoms with Crippen molar-refractivity contribution >= 4 is 54.1 Å². The van der Waals surface area contributed by atoms with E-state index < -0.39 is 0 Å². The number of aromatic nitrogens is 2. The average Bonchev–Trinajstić information content (AvgIpc) is 2.88. The standard InChI is InChI=1S/C30H18N2/c1-2-9-24-22(7-1)23-8-3-4-10-25(23)27-18-21(13-15-26(24)27)28-16-14-20-12-11-19-6-5-17-31-29(19)30(20)32-28/h1-18H. The molecule has 0 aliphatic carbocycles. The molecule has 0 atom stereocenters. The molecule has 7 aromatic rings. The highest BCUT2D eigenvalue weighted by Gasteiger charge is 2.11. The van der Waals surface area contributed by atoms with Gasteiger partial charge in [0.2, 0.25) is 0 Å². The summed E-state index contributed by atoms with van der Waals surface area (Å²) in [5.41, 5.74) is 3.98. The lowest BCUT2D eigenvalue weighted by Crippen LogP contribution is -1.89. The van der Waals surface area contributed by atoms with Gasteiger partial charge in [-0.3, -0.25) is 4.98 Å². The summed E-state index contributed by atoms with van der Waals surface area (Å²) in [6, 6.07) is 36.6. The van der Waals surface area contributed by atoms with Gasteiger partial charge >= 0.3 is 0 Å². The Morgan fingerprint density at radius 3 is 1.75 bits per heavy atom. The summed E-state index contributed by atoms with van der Waals surface area (Å²) in [6.07, 6.45) is 1.84. The number of hydrogen-bond donors (Lipinski definition) is 0. The lowest BCUT2D eigenvalue weighted by molar-refractivity contribution is 1.37. The van der Waals surface area contributed by atoms with Crippen LogP contribution >= 0.6 is 0 Å². The molecule has 0 spiro atoms. The van der Waals surface area contributed by atoms with Crippen molar-refractivity contribution in [2.75, 3.05) is 0 Å². The van der Waals surface area contributed by atoms with E-state index in [1.165, 1.54) is 32.3 Å². The fourth-order valence-electron chi connectivity index (χ4n) is 4.95. The smallest absolute Gasteiger partial charge is 0.0972 e. The Labute approximate surface area is 184 Å². The van der Waals surface area contributed by atoms with Gasteiger partial charge in [-0.05, 0) is 50.5 Å². The monoisotopic (exact) mass is 406 g/mol. The normalized spacial score (nSPS) is 11.8. The summed E-state index contributed by atoms with van der Waals surface area (Å²) in [4.78, 5) is 9.67. The quantitative estimate of drug-likeness (QED) is 0.259. The van der Waals surface area contributed by atoms with Crippen LogP contribution in [0.15, 0.2) is 109 Å². The van der Waals surface area contributed by atoms with Crippen LogP contribution in [0, 0.1) is 0 Å². The molecule has 32 heavy (non-hydrogen) atoms. The Morgan fingerprint density at radius 1 is 0.438 bits per heavy atom. The summed E-state index contributed by atoms with van der Waals surface area (Å²) in [5, 5.41) is 9.90. The molecule has 0 bridgehead atoms. The zero-order chi connectivity index (χ0) is 21.1. The summed E-state index contributed by atoms with van der Waals surface area (Å²) >= 11 is 0. The average molecular weight is 406 g/mol. The van der Waals surface area contributed by atoms with Crippen LogP contribution in [-0.4, -0.2) is 9.97 Å². The van der Waals surface area contributed by atoms with Crippen molar-refractivity contribution in [1.29, 1.82) is 0 Å². The van der Waals surface area contributed by atoms with Gasteiger partial charge < -0.3 is 0 Å². The van der Waals surface area contributed by atoms with Crippen molar-refractivity contribution in [3.63, 3.8) is 0 Å². The zero-order valence-electron chi connectivity index (χ0n) is 17.3. The van der Waals surface area contributed by atoms with Gasteiger partial charge in [0.15, 0.2) is 0 Å². The molecule has 0 aliphatic heterocycles. The molecule has 0 N–H and O–H groups in total. The van der Waals surface area contributed by atoms with E-state index in [4.69, 9.17) is 4.98 Å². The Hall–Kier alpha value is -4.30. The second kappa shape index (κ2) is 6.60. The van der Waals surface area contributed by atoms with E-state index in [9.17, 15) is 0 Å². The van der Waals surface area contributed by atoms with E-state index in [-0.39, 0.29) is 0 Å². The molecule has 0 radical (unpaired) electrons. The molecule has 0 amide bonds. The van der Waals surface area contributed by atoms with E-state index in [1.807, 2.05) is 12.3 Å². The minimum absolute atomic E-state index is 0.948. The molecule has 2 heteroatoms. The van der Waals surface area contributed by atoms with Crippen molar-refractivity contribution in [3.8, 4) is 11.3 Å². The van der Waals surface area contributed by atoms with E-state index in [1.54, 1.807) is 0 Å². The number of fused-ring (bicyclic) bond motifs is 9. The first-order chi connectivity index (χ1) is 15.9. The second-order valence-electron chi connectivity index (χ2n) is 8.26. The maximum atomic E-state index is 5.06. The van der Waals surface area contributed by atoms with Crippen molar-refractivity contribution < 1.29 is 0 Å². The highest BCUT2D eigenvalue weighted by molar-refractivity contribution is 6.25. The van der Waals surface area contributed by atoms with Crippen LogP contribution < -0.4 is 0 Å². The van der Waals surface area contributed by atoms with Crippen LogP contribution in [0.4, 0.5) is 0 Å². The molecule has 0 saturated carbocycles. The van der Waals surface area contributed by atoms with Crippen LogP contribution in [0.5, 0.6) is 0 Å². The Balaban J connectivity index is 1.54. The summed E-state index contributed by atoms with van der Waals surface area (Å²) in [7, 11) is 0.